The maximum atomic E-state index is 13.7. The monoisotopic (exact) mass is 349 g/mol. The minimum atomic E-state index is -4.44. The molecular formula is C12H10ClF2N3O3S. The lowest BCUT2D eigenvalue weighted by molar-refractivity contribution is 0.115. The summed E-state index contributed by atoms with van der Waals surface area (Å²) in [6.07, 6.45) is 1.40. The van der Waals surface area contributed by atoms with Crippen molar-refractivity contribution in [1.82, 2.24) is 9.78 Å². The summed E-state index contributed by atoms with van der Waals surface area (Å²) in [5.74, 6) is -2.35. The molecule has 6 nitrogen and oxygen atoms in total. The number of benzene rings is 1. The zero-order chi connectivity index (χ0) is 16.3. The first-order valence-corrected chi connectivity index (χ1v) is 7.63. The van der Waals surface area contributed by atoms with E-state index in [1.165, 1.54) is 25.4 Å². The van der Waals surface area contributed by atoms with Gasteiger partial charge in [0.2, 0.25) is 0 Å². The number of hydrogen-bond acceptors (Lipinski definition) is 4. The minimum absolute atomic E-state index is 0.0537. The van der Waals surface area contributed by atoms with E-state index in [-0.39, 0.29) is 12.2 Å². The predicted octanol–water partition coefficient (Wildman–Crippen LogP) is 1.71. The van der Waals surface area contributed by atoms with Crippen molar-refractivity contribution in [2.24, 2.45) is 4.40 Å². The smallest absolute Gasteiger partial charge is 0.287 e. The van der Waals surface area contributed by atoms with Crippen molar-refractivity contribution in [2.45, 2.75) is 11.6 Å². The fraction of sp³-hybridized carbons (Fsp3) is 0.167. The minimum Gasteiger partial charge on any atom is -0.362 e. The predicted molar refractivity (Wildman–Crippen MR) is 73.4 cm³/mol. The van der Waals surface area contributed by atoms with Gasteiger partial charge < -0.3 is 4.74 Å². The van der Waals surface area contributed by atoms with Gasteiger partial charge in [-0.2, -0.15) is 13.5 Å². The molecule has 0 fully saturated rings. The Balaban J connectivity index is 2.62. The van der Waals surface area contributed by atoms with Gasteiger partial charge >= 0.3 is 0 Å². The standard InChI is InChI=1S/C12H10ClF2N3O3S/c1-21-7-18-12(3-2-4-16-18)17-22(19,20)11-5-8(13)9(14)6-10(11)15/h2-6H,7H2,1H3/b17-12+. The first-order valence-electron chi connectivity index (χ1n) is 5.82. The quantitative estimate of drug-likeness (QED) is 0.788. The highest BCUT2D eigenvalue weighted by atomic mass is 35.5. The van der Waals surface area contributed by atoms with Crippen molar-refractivity contribution in [2.75, 3.05) is 7.11 Å². The maximum Gasteiger partial charge on any atom is 0.287 e. The van der Waals surface area contributed by atoms with E-state index >= 15 is 0 Å². The van der Waals surface area contributed by atoms with Gasteiger partial charge in [0, 0.05) is 19.4 Å². The molecule has 22 heavy (non-hydrogen) atoms. The zero-order valence-corrected chi connectivity index (χ0v) is 12.8. The van der Waals surface area contributed by atoms with Crippen molar-refractivity contribution in [3.63, 3.8) is 0 Å². The largest absolute Gasteiger partial charge is 0.362 e. The summed E-state index contributed by atoms with van der Waals surface area (Å²) in [6, 6.07) is 3.86. The van der Waals surface area contributed by atoms with E-state index in [0.29, 0.717) is 12.1 Å². The van der Waals surface area contributed by atoms with E-state index in [1.54, 1.807) is 0 Å². The molecule has 0 radical (unpaired) electrons. The van der Waals surface area contributed by atoms with Gasteiger partial charge in [0.05, 0.1) is 5.02 Å². The highest BCUT2D eigenvalue weighted by molar-refractivity contribution is 7.90. The molecule has 10 heteroatoms. The average Bonchev–Trinajstić information content (AvgIpc) is 2.45. The first kappa shape index (κ1) is 16.5. The van der Waals surface area contributed by atoms with Crippen molar-refractivity contribution in [3.05, 3.63) is 52.6 Å². The Morgan fingerprint density at radius 2 is 2.09 bits per heavy atom. The van der Waals surface area contributed by atoms with E-state index in [1.807, 2.05) is 0 Å². The Hall–Kier alpha value is -1.84. The van der Waals surface area contributed by atoms with Crippen LogP contribution in [-0.4, -0.2) is 25.3 Å². The van der Waals surface area contributed by atoms with E-state index in [9.17, 15) is 17.2 Å². The normalized spacial score (nSPS) is 12.6. The van der Waals surface area contributed by atoms with Crippen LogP contribution in [0.4, 0.5) is 8.78 Å². The number of sulfonamides is 1. The molecule has 118 valence electrons. The summed E-state index contributed by atoms with van der Waals surface area (Å²) in [7, 11) is -3.05. The molecular weight excluding hydrogens is 340 g/mol. The molecule has 0 aliphatic carbocycles. The SMILES string of the molecule is COCn1nccc/c1=N\S(=O)(=O)c1cc(Cl)c(F)cc1F. The highest BCUT2D eigenvalue weighted by Crippen LogP contribution is 2.24. The van der Waals surface area contributed by atoms with Crippen LogP contribution in [0.3, 0.4) is 0 Å². The third-order valence-corrected chi connectivity index (χ3v) is 4.11. The molecule has 0 aliphatic heterocycles. The van der Waals surface area contributed by atoms with Crippen LogP contribution in [-0.2, 0) is 21.5 Å². The van der Waals surface area contributed by atoms with E-state index in [0.717, 1.165) is 4.68 Å². The molecule has 0 amide bonds. The summed E-state index contributed by atoms with van der Waals surface area (Å²) >= 11 is 5.49. The highest BCUT2D eigenvalue weighted by Gasteiger charge is 2.21. The molecule has 1 aromatic carbocycles. The van der Waals surface area contributed by atoms with Crippen LogP contribution in [0, 0.1) is 11.6 Å². The second-order valence-electron chi connectivity index (χ2n) is 4.06. The molecule has 0 saturated heterocycles. The number of aromatic nitrogens is 2. The van der Waals surface area contributed by atoms with Crippen LogP contribution < -0.4 is 5.49 Å². The second kappa shape index (κ2) is 6.51. The number of ether oxygens (including phenoxy) is 1. The van der Waals surface area contributed by atoms with Gasteiger partial charge in [-0.3, -0.25) is 0 Å². The van der Waals surface area contributed by atoms with Crippen molar-refractivity contribution < 1.29 is 21.9 Å². The summed E-state index contributed by atoms with van der Waals surface area (Å²) in [5, 5.41) is 3.33. The summed E-state index contributed by atoms with van der Waals surface area (Å²) < 4.78 is 60.6. The van der Waals surface area contributed by atoms with Gasteiger partial charge in [-0.05, 0) is 18.2 Å². The lowest BCUT2D eigenvalue weighted by Crippen LogP contribution is -2.25. The molecule has 2 rings (SSSR count). The van der Waals surface area contributed by atoms with Crippen molar-refractivity contribution in [1.29, 1.82) is 0 Å². The van der Waals surface area contributed by atoms with Crippen LogP contribution in [0.25, 0.3) is 0 Å². The van der Waals surface area contributed by atoms with Crippen LogP contribution in [0.1, 0.15) is 0 Å². The number of nitrogens with zero attached hydrogens (tertiary/aromatic N) is 3. The molecule has 1 heterocycles. The Bertz CT molecular complexity index is 868. The van der Waals surface area contributed by atoms with Crippen molar-refractivity contribution in [3.8, 4) is 0 Å². The van der Waals surface area contributed by atoms with Crippen LogP contribution in [0.15, 0.2) is 39.8 Å². The average molecular weight is 350 g/mol. The van der Waals surface area contributed by atoms with Crippen LogP contribution in [0.2, 0.25) is 5.02 Å². The fourth-order valence-corrected chi connectivity index (χ4v) is 2.87. The molecule has 0 unspecified atom stereocenters. The third kappa shape index (κ3) is 3.49. The number of hydrogen-bond donors (Lipinski definition) is 0. The van der Waals surface area contributed by atoms with Gasteiger partial charge in [0.25, 0.3) is 10.0 Å². The lowest BCUT2D eigenvalue weighted by atomic mass is 10.3. The van der Waals surface area contributed by atoms with Crippen LogP contribution >= 0.6 is 11.6 Å². The Morgan fingerprint density at radius 1 is 1.36 bits per heavy atom. The van der Waals surface area contributed by atoms with Gasteiger partial charge in [-0.1, -0.05) is 11.6 Å². The molecule has 0 bridgehead atoms. The molecule has 1 aromatic heterocycles. The fourth-order valence-electron chi connectivity index (χ4n) is 1.57. The Labute approximate surface area is 129 Å². The summed E-state index contributed by atoms with van der Waals surface area (Å²) in [4.78, 5) is -0.827. The van der Waals surface area contributed by atoms with Gasteiger partial charge in [-0.25, -0.2) is 13.5 Å². The maximum absolute atomic E-state index is 13.7. The molecule has 0 N–H and O–H groups in total. The number of rotatable bonds is 4. The Kier molecular flexibility index (Phi) is 4.89. The van der Waals surface area contributed by atoms with E-state index < -0.39 is 31.6 Å². The van der Waals surface area contributed by atoms with E-state index in [2.05, 4.69) is 9.50 Å². The summed E-state index contributed by atoms with van der Waals surface area (Å²) in [5.41, 5.74) is -0.0794. The second-order valence-corrected chi connectivity index (χ2v) is 6.04. The lowest BCUT2D eigenvalue weighted by Gasteiger charge is -2.05. The molecule has 2 aromatic rings. The zero-order valence-electron chi connectivity index (χ0n) is 11.2. The van der Waals surface area contributed by atoms with Gasteiger partial charge in [0.1, 0.15) is 23.3 Å². The first-order chi connectivity index (χ1) is 10.3. The van der Waals surface area contributed by atoms with Crippen molar-refractivity contribution >= 4 is 21.6 Å². The molecule has 0 saturated carbocycles. The summed E-state index contributed by atoms with van der Waals surface area (Å²) in [6.45, 7) is -0.0537. The number of methoxy groups -OCH3 is 1. The van der Waals surface area contributed by atoms with Crippen LogP contribution in [0.5, 0.6) is 0 Å². The Morgan fingerprint density at radius 3 is 2.77 bits per heavy atom. The van der Waals surface area contributed by atoms with Gasteiger partial charge in [-0.15, -0.1) is 4.40 Å². The molecule has 0 atom stereocenters. The number of halogens is 3. The molecule has 0 aliphatic rings. The topological polar surface area (TPSA) is 73.5 Å². The third-order valence-electron chi connectivity index (χ3n) is 2.52. The van der Waals surface area contributed by atoms with E-state index in [4.69, 9.17) is 16.3 Å². The molecule has 0 spiro atoms. The van der Waals surface area contributed by atoms with Gasteiger partial charge in [0.15, 0.2) is 5.49 Å².